The second-order valence-corrected chi connectivity index (χ2v) is 5.79. The lowest BCUT2D eigenvalue weighted by Crippen LogP contribution is -2.25. The average molecular weight is 335 g/mol. The second kappa shape index (κ2) is 7.44. The van der Waals surface area contributed by atoms with E-state index >= 15 is 0 Å². The molecule has 0 saturated heterocycles. The zero-order chi connectivity index (χ0) is 16.8. The molecule has 24 heavy (non-hydrogen) atoms. The minimum Gasteiger partial charge on any atom is -0.352 e. The van der Waals surface area contributed by atoms with E-state index in [1.165, 1.54) is 12.3 Å². The van der Waals surface area contributed by atoms with Gasteiger partial charge in [-0.3, -0.25) is 9.78 Å². The van der Waals surface area contributed by atoms with Crippen molar-refractivity contribution in [3.8, 4) is 16.6 Å². The molecule has 0 unspecified atom stereocenters. The first-order chi connectivity index (χ1) is 11.8. The van der Waals surface area contributed by atoms with Gasteiger partial charge in [0.2, 0.25) is 0 Å². The molecule has 0 spiro atoms. The Hall–Kier alpha value is -3.11. The van der Waals surface area contributed by atoms with Gasteiger partial charge in [0.1, 0.15) is 16.8 Å². The highest BCUT2D eigenvalue weighted by Gasteiger charge is 2.07. The molecule has 0 bridgehead atoms. The van der Waals surface area contributed by atoms with Crippen LogP contribution in [-0.2, 0) is 6.42 Å². The molecule has 7 heteroatoms. The maximum absolute atomic E-state index is 12.0. The molecule has 0 radical (unpaired) electrons. The van der Waals surface area contributed by atoms with E-state index in [1.54, 1.807) is 29.8 Å². The van der Waals surface area contributed by atoms with Crippen LogP contribution >= 0.6 is 11.3 Å². The predicted molar refractivity (Wildman–Crippen MR) is 90.3 cm³/mol. The Morgan fingerprint density at radius 1 is 1.25 bits per heavy atom. The minimum atomic E-state index is -0.212. The number of nitriles is 1. The third-order valence-electron chi connectivity index (χ3n) is 3.29. The number of rotatable bonds is 5. The second-order valence-electron chi connectivity index (χ2n) is 4.93. The van der Waals surface area contributed by atoms with Gasteiger partial charge in [0.25, 0.3) is 5.91 Å². The molecule has 3 aromatic heterocycles. The lowest BCUT2D eigenvalue weighted by Gasteiger charge is -2.03. The molecule has 0 aliphatic heterocycles. The van der Waals surface area contributed by atoms with E-state index in [4.69, 9.17) is 5.26 Å². The summed E-state index contributed by atoms with van der Waals surface area (Å²) in [6, 6.07) is 8.87. The lowest BCUT2D eigenvalue weighted by molar-refractivity contribution is 0.0953. The van der Waals surface area contributed by atoms with Crippen LogP contribution < -0.4 is 5.32 Å². The fourth-order valence-electron chi connectivity index (χ4n) is 2.05. The topological polar surface area (TPSA) is 91.6 Å². The quantitative estimate of drug-likeness (QED) is 0.773. The molecule has 3 rings (SSSR count). The molecule has 118 valence electrons. The molecule has 0 aliphatic carbocycles. The van der Waals surface area contributed by atoms with Gasteiger partial charge >= 0.3 is 0 Å². The summed E-state index contributed by atoms with van der Waals surface area (Å²) < 4.78 is 0. The molecule has 1 N–H and O–H groups in total. The van der Waals surface area contributed by atoms with Crippen molar-refractivity contribution in [3.05, 3.63) is 65.2 Å². The third-order valence-corrected chi connectivity index (χ3v) is 4.23. The molecule has 3 heterocycles. The highest BCUT2D eigenvalue weighted by Crippen LogP contribution is 2.22. The Morgan fingerprint density at radius 2 is 2.08 bits per heavy atom. The SMILES string of the molecule is N#Cc1ccc(C(=O)NCCc2csc(-c3ccncc3)n2)cn1. The smallest absolute Gasteiger partial charge is 0.252 e. The van der Waals surface area contributed by atoms with Crippen LogP contribution in [-0.4, -0.2) is 27.4 Å². The van der Waals surface area contributed by atoms with Gasteiger partial charge < -0.3 is 5.32 Å². The van der Waals surface area contributed by atoms with Gasteiger partial charge in [-0.1, -0.05) is 0 Å². The van der Waals surface area contributed by atoms with Gasteiger partial charge in [-0.05, 0) is 24.3 Å². The van der Waals surface area contributed by atoms with Crippen molar-refractivity contribution < 1.29 is 4.79 Å². The zero-order valence-corrected chi connectivity index (χ0v) is 13.5. The molecule has 0 fully saturated rings. The number of carbonyl (C=O) groups excluding carboxylic acids is 1. The van der Waals surface area contributed by atoms with Gasteiger partial charge in [0, 0.05) is 42.5 Å². The highest BCUT2D eigenvalue weighted by atomic mass is 32.1. The van der Waals surface area contributed by atoms with Gasteiger partial charge in [0.05, 0.1) is 11.3 Å². The van der Waals surface area contributed by atoms with Crippen molar-refractivity contribution in [2.24, 2.45) is 0 Å². The third kappa shape index (κ3) is 3.80. The molecule has 3 aromatic rings. The summed E-state index contributed by atoms with van der Waals surface area (Å²) in [6.07, 6.45) is 5.53. The van der Waals surface area contributed by atoms with Crippen LogP contribution in [0.2, 0.25) is 0 Å². The molecule has 0 saturated carbocycles. The summed E-state index contributed by atoms with van der Waals surface area (Å²) >= 11 is 1.57. The Morgan fingerprint density at radius 3 is 2.79 bits per heavy atom. The molecular formula is C17H13N5OS. The Bertz CT molecular complexity index is 868. The number of nitrogens with zero attached hydrogens (tertiary/aromatic N) is 4. The Labute approximate surface area is 142 Å². The zero-order valence-electron chi connectivity index (χ0n) is 12.6. The number of carbonyl (C=O) groups is 1. The molecule has 0 aliphatic rings. The van der Waals surface area contributed by atoms with E-state index in [0.29, 0.717) is 18.5 Å². The number of amides is 1. The maximum Gasteiger partial charge on any atom is 0.252 e. The van der Waals surface area contributed by atoms with E-state index in [0.717, 1.165) is 16.3 Å². The van der Waals surface area contributed by atoms with Crippen molar-refractivity contribution in [1.82, 2.24) is 20.3 Å². The normalized spacial score (nSPS) is 10.1. The number of hydrogen-bond donors (Lipinski definition) is 1. The Kier molecular flexibility index (Phi) is 4.89. The van der Waals surface area contributed by atoms with Crippen LogP contribution in [0.15, 0.2) is 48.2 Å². The summed E-state index contributed by atoms with van der Waals surface area (Å²) in [5, 5.41) is 14.5. The number of pyridine rings is 2. The van der Waals surface area contributed by atoms with Crippen LogP contribution in [0, 0.1) is 11.3 Å². The van der Waals surface area contributed by atoms with Crippen molar-refractivity contribution in [2.45, 2.75) is 6.42 Å². The van der Waals surface area contributed by atoms with Gasteiger partial charge in [-0.2, -0.15) is 5.26 Å². The van der Waals surface area contributed by atoms with Gasteiger partial charge in [-0.25, -0.2) is 9.97 Å². The average Bonchev–Trinajstić information content (AvgIpc) is 3.11. The standard InChI is InChI=1S/C17H13N5OS/c18-9-14-2-1-13(10-21-14)16(23)20-8-5-15-11-24-17(22-15)12-3-6-19-7-4-12/h1-4,6-7,10-11H,5,8H2,(H,20,23). The van der Waals surface area contributed by atoms with E-state index < -0.39 is 0 Å². The first-order valence-electron chi connectivity index (χ1n) is 7.25. The number of thiazole rings is 1. The summed E-state index contributed by atoms with van der Waals surface area (Å²) in [6.45, 7) is 0.484. The summed E-state index contributed by atoms with van der Waals surface area (Å²) in [4.78, 5) is 24.4. The number of aromatic nitrogens is 3. The minimum absolute atomic E-state index is 0.212. The van der Waals surface area contributed by atoms with Crippen molar-refractivity contribution in [1.29, 1.82) is 5.26 Å². The van der Waals surface area contributed by atoms with Gasteiger partial charge in [-0.15, -0.1) is 11.3 Å². The molecule has 0 aromatic carbocycles. The fourth-order valence-corrected chi connectivity index (χ4v) is 2.91. The van der Waals surface area contributed by atoms with Gasteiger partial charge in [0.15, 0.2) is 0 Å². The molecule has 6 nitrogen and oxygen atoms in total. The van der Waals surface area contributed by atoms with Crippen LogP contribution in [0.3, 0.4) is 0 Å². The van der Waals surface area contributed by atoms with Crippen LogP contribution in [0.1, 0.15) is 21.7 Å². The van der Waals surface area contributed by atoms with Crippen molar-refractivity contribution in [2.75, 3.05) is 6.54 Å². The molecule has 0 atom stereocenters. The summed E-state index contributed by atoms with van der Waals surface area (Å²) in [5.74, 6) is -0.212. The summed E-state index contributed by atoms with van der Waals surface area (Å²) in [5.41, 5.74) is 2.70. The van der Waals surface area contributed by atoms with E-state index in [1.807, 2.05) is 23.6 Å². The highest BCUT2D eigenvalue weighted by molar-refractivity contribution is 7.13. The first-order valence-corrected chi connectivity index (χ1v) is 8.13. The predicted octanol–water partition coefficient (Wildman–Crippen LogP) is 2.44. The Balaban J connectivity index is 1.54. The molecular weight excluding hydrogens is 322 g/mol. The van der Waals surface area contributed by atoms with Crippen molar-refractivity contribution >= 4 is 17.2 Å². The monoisotopic (exact) mass is 335 g/mol. The molecule has 1 amide bonds. The number of nitrogens with one attached hydrogen (secondary N) is 1. The van der Waals surface area contributed by atoms with E-state index in [2.05, 4.69) is 20.3 Å². The number of hydrogen-bond acceptors (Lipinski definition) is 6. The van der Waals surface area contributed by atoms with Crippen molar-refractivity contribution in [3.63, 3.8) is 0 Å². The fraction of sp³-hybridized carbons (Fsp3) is 0.118. The lowest BCUT2D eigenvalue weighted by atomic mass is 10.2. The maximum atomic E-state index is 12.0. The largest absolute Gasteiger partial charge is 0.352 e. The van der Waals surface area contributed by atoms with Crippen LogP contribution in [0.25, 0.3) is 10.6 Å². The van der Waals surface area contributed by atoms with E-state index in [-0.39, 0.29) is 11.6 Å². The van der Waals surface area contributed by atoms with E-state index in [9.17, 15) is 4.79 Å². The first kappa shape index (κ1) is 15.8. The van der Waals surface area contributed by atoms with Crippen LogP contribution in [0.4, 0.5) is 0 Å². The summed E-state index contributed by atoms with van der Waals surface area (Å²) in [7, 11) is 0. The van der Waals surface area contributed by atoms with Crippen LogP contribution in [0.5, 0.6) is 0 Å².